The zero-order valence-corrected chi connectivity index (χ0v) is 32.5. The molecule has 0 heterocycles. The molecule has 0 aliphatic heterocycles. The van der Waals surface area contributed by atoms with E-state index in [1.807, 2.05) is 12.1 Å². The van der Waals surface area contributed by atoms with Gasteiger partial charge in [0.05, 0.1) is 6.61 Å². The van der Waals surface area contributed by atoms with Crippen molar-refractivity contribution in [1.82, 2.24) is 8.61 Å². The highest BCUT2D eigenvalue weighted by Gasteiger charge is 2.11. The minimum absolute atomic E-state index is 0.0165. The molecular formula is C41H80N2O2S. The molecule has 0 aromatic heterocycles. The average molecular weight is 665 g/mol. The van der Waals surface area contributed by atoms with Gasteiger partial charge in [-0.3, -0.25) is 4.79 Å². The van der Waals surface area contributed by atoms with E-state index >= 15 is 0 Å². The van der Waals surface area contributed by atoms with Crippen molar-refractivity contribution in [3.8, 4) is 0 Å². The highest BCUT2D eigenvalue weighted by Crippen LogP contribution is 2.22. The van der Waals surface area contributed by atoms with Gasteiger partial charge in [0.1, 0.15) is 0 Å². The molecule has 4 nitrogen and oxygen atoms in total. The standard InChI is InChI=1S/C41H80N2O2S/c1-6-9-12-14-16-17-18-19-20-21-22-23-27-31-37-43(46-42(4)5)38-32-28-24-26-30-35-41(44)45-39-36-40(33-11-8-3)34-29-25-15-13-10-7-2/h17-18,20-21,40H,6-16,19,22-39H2,1-5H3. The lowest BCUT2D eigenvalue weighted by Crippen LogP contribution is -2.23. The zero-order valence-electron chi connectivity index (χ0n) is 31.7. The van der Waals surface area contributed by atoms with E-state index in [9.17, 15) is 4.79 Å². The summed E-state index contributed by atoms with van der Waals surface area (Å²) in [6.07, 6.45) is 43.0. The second-order valence-electron chi connectivity index (χ2n) is 13.8. The molecule has 46 heavy (non-hydrogen) atoms. The van der Waals surface area contributed by atoms with Gasteiger partial charge in [-0.25, -0.2) is 8.61 Å². The summed E-state index contributed by atoms with van der Waals surface area (Å²) >= 11 is 1.86. The maximum absolute atomic E-state index is 12.3. The molecule has 0 radical (unpaired) electrons. The van der Waals surface area contributed by atoms with Gasteiger partial charge in [-0.05, 0) is 77.8 Å². The monoisotopic (exact) mass is 665 g/mol. The van der Waals surface area contributed by atoms with E-state index in [0.717, 1.165) is 44.7 Å². The van der Waals surface area contributed by atoms with E-state index in [1.54, 1.807) is 0 Å². The summed E-state index contributed by atoms with van der Waals surface area (Å²) in [5.74, 6) is 0.747. The third-order valence-corrected chi connectivity index (χ3v) is 9.82. The van der Waals surface area contributed by atoms with Gasteiger partial charge in [0.2, 0.25) is 0 Å². The van der Waals surface area contributed by atoms with Gasteiger partial charge in [-0.15, -0.1) is 0 Å². The van der Waals surface area contributed by atoms with Crippen LogP contribution in [-0.4, -0.2) is 48.4 Å². The molecule has 0 spiro atoms. The zero-order chi connectivity index (χ0) is 33.8. The largest absolute Gasteiger partial charge is 0.466 e. The number of hydrogen-bond acceptors (Lipinski definition) is 5. The number of carbonyl (C=O) groups is 1. The number of hydrogen-bond donors (Lipinski definition) is 0. The first kappa shape index (κ1) is 45.2. The van der Waals surface area contributed by atoms with Gasteiger partial charge in [0.15, 0.2) is 0 Å². The van der Waals surface area contributed by atoms with E-state index in [4.69, 9.17) is 4.74 Å². The van der Waals surface area contributed by atoms with Crippen molar-refractivity contribution < 1.29 is 9.53 Å². The van der Waals surface area contributed by atoms with Crippen LogP contribution < -0.4 is 0 Å². The van der Waals surface area contributed by atoms with Gasteiger partial charge >= 0.3 is 5.97 Å². The first-order chi connectivity index (χ1) is 22.5. The molecule has 0 aromatic carbocycles. The molecule has 0 aliphatic carbocycles. The van der Waals surface area contributed by atoms with Crippen molar-refractivity contribution in [3.63, 3.8) is 0 Å². The summed E-state index contributed by atoms with van der Waals surface area (Å²) in [5.41, 5.74) is 0. The van der Waals surface area contributed by atoms with Crippen LogP contribution in [0.4, 0.5) is 0 Å². The highest BCUT2D eigenvalue weighted by atomic mass is 32.2. The lowest BCUT2D eigenvalue weighted by molar-refractivity contribution is -0.144. The van der Waals surface area contributed by atoms with Crippen molar-refractivity contribution in [2.75, 3.05) is 33.8 Å². The van der Waals surface area contributed by atoms with E-state index in [0.29, 0.717) is 13.0 Å². The molecule has 0 aliphatic rings. The van der Waals surface area contributed by atoms with Crippen LogP contribution in [-0.2, 0) is 9.53 Å². The Bertz CT molecular complexity index is 681. The van der Waals surface area contributed by atoms with Crippen LogP contribution in [0, 0.1) is 5.92 Å². The molecule has 0 rings (SSSR count). The second-order valence-corrected chi connectivity index (χ2v) is 15.2. The minimum Gasteiger partial charge on any atom is -0.466 e. The van der Waals surface area contributed by atoms with Crippen molar-refractivity contribution in [2.24, 2.45) is 5.92 Å². The molecule has 0 aromatic rings. The van der Waals surface area contributed by atoms with Crippen LogP contribution in [0.2, 0.25) is 0 Å². The SMILES string of the molecule is CCCCCCC=CCC=CCCCCCN(CCCCCCCC(=O)OCCC(CCCC)CCCCCCCC)SN(C)C. The van der Waals surface area contributed by atoms with Crippen LogP contribution in [0.15, 0.2) is 24.3 Å². The highest BCUT2D eigenvalue weighted by molar-refractivity contribution is 7.94. The van der Waals surface area contributed by atoms with E-state index < -0.39 is 0 Å². The Morgan fingerprint density at radius 2 is 1.09 bits per heavy atom. The van der Waals surface area contributed by atoms with Crippen LogP contribution in [0.25, 0.3) is 0 Å². The Hall–Kier alpha value is -0.780. The Labute approximate surface area is 293 Å². The smallest absolute Gasteiger partial charge is 0.305 e. The lowest BCUT2D eigenvalue weighted by Gasteiger charge is -2.24. The number of nitrogens with zero attached hydrogens (tertiary/aromatic N) is 2. The van der Waals surface area contributed by atoms with Crippen molar-refractivity contribution in [1.29, 1.82) is 0 Å². The number of rotatable bonds is 36. The van der Waals surface area contributed by atoms with Crippen LogP contribution in [0.3, 0.4) is 0 Å². The number of unbranched alkanes of at least 4 members (excludes halogenated alkanes) is 17. The fourth-order valence-electron chi connectivity index (χ4n) is 5.99. The summed E-state index contributed by atoms with van der Waals surface area (Å²) in [4.78, 5) is 12.3. The molecule has 0 fully saturated rings. The van der Waals surface area contributed by atoms with Crippen LogP contribution in [0.5, 0.6) is 0 Å². The van der Waals surface area contributed by atoms with E-state index in [1.165, 1.54) is 141 Å². The molecule has 1 atom stereocenters. The molecule has 272 valence electrons. The second kappa shape index (κ2) is 37.0. The Kier molecular flexibility index (Phi) is 36.4. The average Bonchev–Trinajstić information content (AvgIpc) is 3.04. The van der Waals surface area contributed by atoms with Crippen molar-refractivity contribution in [3.05, 3.63) is 24.3 Å². The Balaban J connectivity index is 3.89. The molecule has 5 heteroatoms. The summed E-state index contributed by atoms with van der Waals surface area (Å²) in [6.45, 7) is 9.76. The summed E-state index contributed by atoms with van der Waals surface area (Å²) < 4.78 is 10.4. The molecule has 1 unspecified atom stereocenters. The van der Waals surface area contributed by atoms with Gasteiger partial charge in [-0.2, -0.15) is 0 Å². The molecule has 0 saturated heterocycles. The third kappa shape index (κ3) is 34.6. The fourth-order valence-corrected chi connectivity index (χ4v) is 6.87. The summed E-state index contributed by atoms with van der Waals surface area (Å²) in [6, 6.07) is 0. The summed E-state index contributed by atoms with van der Waals surface area (Å²) in [7, 11) is 4.28. The topological polar surface area (TPSA) is 32.8 Å². The van der Waals surface area contributed by atoms with Crippen molar-refractivity contribution in [2.45, 2.75) is 194 Å². The van der Waals surface area contributed by atoms with Crippen LogP contribution in [0.1, 0.15) is 194 Å². The molecule has 0 amide bonds. The van der Waals surface area contributed by atoms with E-state index in [-0.39, 0.29) is 5.97 Å². The maximum Gasteiger partial charge on any atom is 0.305 e. The number of carbonyl (C=O) groups excluding carboxylic acids is 1. The maximum atomic E-state index is 12.3. The first-order valence-corrected chi connectivity index (χ1v) is 20.8. The number of allylic oxidation sites excluding steroid dienone is 4. The molecule has 0 N–H and O–H groups in total. The fraction of sp³-hybridized carbons (Fsp3) is 0.878. The molecular weight excluding hydrogens is 585 g/mol. The van der Waals surface area contributed by atoms with Gasteiger partial charge in [0.25, 0.3) is 0 Å². The number of esters is 1. The van der Waals surface area contributed by atoms with Gasteiger partial charge < -0.3 is 4.74 Å². The van der Waals surface area contributed by atoms with Crippen molar-refractivity contribution >= 4 is 18.1 Å². The normalized spacial score (nSPS) is 12.8. The van der Waals surface area contributed by atoms with Gasteiger partial charge in [-0.1, -0.05) is 154 Å². The summed E-state index contributed by atoms with van der Waals surface area (Å²) in [5, 5.41) is 0. The minimum atomic E-state index is 0.0165. The molecule has 0 saturated carbocycles. The number of ether oxygens (including phenoxy) is 1. The Morgan fingerprint density at radius 1 is 0.587 bits per heavy atom. The van der Waals surface area contributed by atoms with E-state index in [2.05, 4.69) is 67.8 Å². The van der Waals surface area contributed by atoms with Gasteiger partial charge in [0, 0.05) is 31.6 Å². The Morgan fingerprint density at radius 3 is 1.70 bits per heavy atom. The quantitative estimate of drug-likeness (QED) is 0.0288. The predicted molar refractivity (Wildman–Crippen MR) is 207 cm³/mol. The van der Waals surface area contributed by atoms with Crippen LogP contribution >= 0.6 is 12.1 Å². The molecule has 0 bridgehead atoms. The predicted octanol–water partition coefficient (Wildman–Crippen LogP) is 13.3. The first-order valence-electron chi connectivity index (χ1n) is 20.1. The lowest BCUT2D eigenvalue weighted by atomic mass is 9.92. The third-order valence-electron chi connectivity index (χ3n) is 8.90.